The number of fused-ring (bicyclic) bond motifs is 1. The number of alkyl carbamates (subject to hydrolysis) is 1. The Morgan fingerprint density at radius 3 is 2.06 bits per heavy atom. The van der Waals surface area contributed by atoms with Crippen LogP contribution in [0.1, 0.15) is 62.3 Å². The zero-order chi connectivity index (χ0) is 23.8. The lowest BCUT2D eigenvalue weighted by Crippen LogP contribution is -2.65. The molecule has 10 nitrogen and oxygen atoms in total. The summed E-state index contributed by atoms with van der Waals surface area (Å²) in [6, 6.07) is -0.624. The Hall–Kier alpha value is -2.07. The molecule has 2 saturated heterocycles. The van der Waals surface area contributed by atoms with Gasteiger partial charge in [-0.15, -0.1) is 0 Å². The number of carbonyl (C=O) groups is 3. The number of nitrogens with zero attached hydrogens (tertiary/aromatic N) is 1. The predicted octanol–water partition coefficient (Wildman–Crippen LogP) is 2.58. The first kappa shape index (κ1) is 25.2. The van der Waals surface area contributed by atoms with Crippen molar-refractivity contribution in [2.75, 3.05) is 13.1 Å². The number of nitrogens with one attached hydrogen (secondary N) is 1. The molecule has 2 aliphatic rings. The van der Waals surface area contributed by atoms with E-state index in [9.17, 15) is 14.4 Å². The van der Waals surface area contributed by atoms with Crippen LogP contribution >= 0.6 is 0 Å². The zero-order valence-corrected chi connectivity index (χ0v) is 19.9. The van der Waals surface area contributed by atoms with Crippen LogP contribution in [0.15, 0.2) is 0 Å². The second-order valence-corrected chi connectivity index (χ2v) is 10.3. The second-order valence-electron chi connectivity index (χ2n) is 10.3. The fourth-order valence-electron chi connectivity index (χ4n) is 3.59. The minimum Gasteiger partial charge on any atom is -0.458 e. The molecule has 10 heteroatoms. The summed E-state index contributed by atoms with van der Waals surface area (Å²) >= 11 is 0. The van der Waals surface area contributed by atoms with Crippen LogP contribution in [-0.4, -0.2) is 77.5 Å². The van der Waals surface area contributed by atoms with E-state index in [4.69, 9.17) is 23.7 Å². The van der Waals surface area contributed by atoms with E-state index in [0.717, 1.165) is 0 Å². The van der Waals surface area contributed by atoms with Gasteiger partial charge in [-0.2, -0.15) is 0 Å². The molecule has 2 aliphatic heterocycles. The van der Waals surface area contributed by atoms with Crippen molar-refractivity contribution in [1.29, 1.82) is 0 Å². The Balaban J connectivity index is 2.30. The topological polar surface area (TPSA) is 113 Å². The van der Waals surface area contributed by atoms with Crippen molar-refractivity contribution in [2.24, 2.45) is 0 Å². The molecule has 2 amide bonds. The van der Waals surface area contributed by atoms with Gasteiger partial charge in [0, 0.05) is 13.5 Å². The van der Waals surface area contributed by atoms with Crippen LogP contribution in [0.5, 0.6) is 0 Å². The number of esters is 1. The number of carbonyl (C=O) groups excluding carboxylic acids is 3. The highest BCUT2D eigenvalue weighted by Gasteiger charge is 2.56. The first-order valence-corrected chi connectivity index (χ1v) is 10.5. The molecule has 2 fully saturated rings. The van der Waals surface area contributed by atoms with E-state index in [1.165, 1.54) is 11.8 Å². The van der Waals surface area contributed by atoms with Gasteiger partial charge in [0.15, 0.2) is 5.79 Å². The molecule has 0 aromatic heterocycles. The van der Waals surface area contributed by atoms with E-state index in [2.05, 4.69) is 5.32 Å². The number of amides is 2. The van der Waals surface area contributed by atoms with Crippen LogP contribution in [-0.2, 0) is 28.5 Å². The lowest BCUT2D eigenvalue weighted by Gasteiger charge is -2.44. The van der Waals surface area contributed by atoms with E-state index >= 15 is 0 Å². The molecule has 31 heavy (non-hydrogen) atoms. The Morgan fingerprint density at radius 1 is 1.00 bits per heavy atom. The lowest BCUT2D eigenvalue weighted by molar-refractivity contribution is -0.169. The first-order valence-electron chi connectivity index (χ1n) is 10.5. The number of likely N-dealkylation sites (tertiary alicyclic amines) is 1. The Kier molecular flexibility index (Phi) is 7.17. The highest BCUT2D eigenvalue weighted by Crippen LogP contribution is 2.38. The Labute approximate surface area is 183 Å². The van der Waals surface area contributed by atoms with Crippen molar-refractivity contribution >= 4 is 18.2 Å². The number of piperidine rings is 1. The monoisotopic (exact) mass is 444 g/mol. The van der Waals surface area contributed by atoms with Crippen molar-refractivity contribution in [3.8, 4) is 0 Å². The fourth-order valence-corrected chi connectivity index (χ4v) is 3.59. The third kappa shape index (κ3) is 7.24. The maximum Gasteiger partial charge on any atom is 0.410 e. The van der Waals surface area contributed by atoms with Gasteiger partial charge in [-0.05, 0) is 55.4 Å². The summed E-state index contributed by atoms with van der Waals surface area (Å²) in [4.78, 5) is 38.3. The molecule has 2 heterocycles. The fraction of sp³-hybridized carbons (Fsp3) is 0.857. The highest BCUT2D eigenvalue weighted by atomic mass is 16.8. The van der Waals surface area contributed by atoms with Gasteiger partial charge >= 0.3 is 18.2 Å². The molecule has 4 atom stereocenters. The third-order valence-corrected chi connectivity index (χ3v) is 4.49. The minimum atomic E-state index is -0.957. The molecule has 0 bridgehead atoms. The number of hydrogen-bond donors (Lipinski definition) is 1. The molecule has 0 aromatic carbocycles. The summed E-state index contributed by atoms with van der Waals surface area (Å²) in [5.74, 6) is -1.45. The molecular formula is C21H36N2O8. The van der Waals surface area contributed by atoms with Crippen LogP contribution in [0.25, 0.3) is 0 Å². The number of ether oxygens (including phenoxy) is 5. The van der Waals surface area contributed by atoms with Gasteiger partial charge in [-0.3, -0.25) is 9.69 Å². The summed E-state index contributed by atoms with van der Waals surface area (Å²) in [6.07, 6.45) is -3.23. The van der Waals surface area contributed by atoms with Gasteiger partial charge in [-0.25, -0.2) is 9.59 Å². The van der Waals surface area contributed by atoms with Crippen molar-refractivity contribution in [1.82, 2.24) is 10.2 Å². The third-order valence-electron chi connectivity index (χ3n) is 4.49. The van der Waals surface area contributed by atoms with E-state index in [1.807, 2.05) is 0 Å². The molecule has 1 N–H and O–H groups in total. The maximum atomic E-state index is 13.0. The van der Waals surface area contributed by atoms with Crippen molar-refractivity contribution in [2.45, 2.75) is 104 Å². The molecule has 0 saturated carbocycles. The van der Waals surface area contributed by atoms with Crippen molar-refractivity contribution in [3.63, 3.8) is 0 Å². The van der Waals surface area contributed by atoms with Crippen molar-refractivity contribution < 1.29 is 38.1 Å². The summed E-state index contributed by atoms with van der Waals surface area (Å²) < 4.78 is 28.4. The summed E-state index contributed by atoms with van der Waals surface area (Å²) in [5, 5.41) is 2.70. The first-order chi connectivity index (χ1) is 14.0. The van der Waals surface area contributed by atoms with Crippen LogP contribution in [0.3, 0.4) is 0 Å². The molecule has 0 unspecified atom stereocenters. The van der Waals surface area contributed by atoms with Crippen LogP contribution in [0, 0.1) is 0 Å². The van der Waals surface area contributed by atoms with Gasteiger partial charge in [0.1, 0.15) is 29.5 Å². The predicted molar refractivity (Wildman–Crippen MR) is 110 cm³/mol. The SMILES string of the molecule is CC(=O)O[C@@H]1CN(C(=O)OC(C)(C)C)[C@H](CNC(=O)OC(C)(C)C)[C@H]2OC(C)(C)O[C@@H]21. The molecule has 178 valence electrons. The molecule has 0 radical (unpaired) electrons. The average molecular weight is 445 g/mol. The van der Waals surface area contributed by atoms with E-state index in [1.54, 1.807) is 55.4 Å². The van der Waals surface area contributed by atoms with Crippen LogP contribution in [0.4, 0.5) is 9.59 Å². The van der Waals surface area contributed by atoms with Gasteiger partial charge in [-0.1, -0.05) is 0 Å². The summed E-state index contributed by atoms with van der Waals surface area (Å²) in [5.41, 5.74) is -1.40. The summed E-state index contributed by atoms with van der Waals surface area (Å²) in [7, 11) is 0. The second kappa shape index (κ2) is 8.82. The lowest BCUT2D eigenvalue weighted by atomic mass is 9.94. The van der Waals surface area contributed by atoms with E-state index in [0.29, 0.717) is 0 Å². The normalized spacial score (nSPS) is 27.8. The summed E-state index contributed by atoms with van der Waals surface area (Å²) in [6.45, 7) is 15.4. The van der Waals surface area contributed by atoms with Gasteiger partial charge in [0.05, 0.1) is 12.6 Å². The zero-order valence-electron chi connectivity index (χ0n) is 19.9. The Bertz CT molecular complexity index is 694. The van der Waals surface area contributed by atoms with Gasteiger partial charge < -0.3 is 29.0 Å². The number of rotatable bonds is 3. The maximum absolute atomic E-state index is 13.0. The molecule has 2 rings (SSSR count). The van der Waals surface area contributed by atoms with Gasteiger partial charge in [0.25, 0.3) is 0 Å². The largest absolute Gasteiger partial charge is 0.458 e. The molecule has 0 aliphatic carbocycles. The number of hydrogen-bond acceptors (Lipinski definition) is 8. The smallest absolute Gasteiger partial charge is 0.410 e. The molecule has 0 aromatic rings. The van der Waals surface area contributed by atoms with E-state index < -0.39 is 59.5 Å². The standard InChI is InChI=1S/C21H36N2O8/c1-12(24)27-14-11-23(18(26)31-20(5,6)7)13(10-22-17(25)30-19(2,3)4)15-16(14)29-21(8,9)28-15/h13-16H,10-11H2,1-9H3,(H,22,25)/t13-,14-,15-,16-/m1/s1. The molecular weight excluding hydrogens is 408 g/mol. The van der Waals surface area contributed by atoms with Crippen LogP contribution < -0.4 is 5.32 Å². The van der Waals surface area contributed by atoms with Crippen LogP contribution in [0.2, 0.25) is 0 Å². The molecule has 0 spiro atoms. The van der Waals surface area contributed by atoms with E-state index in [-0.39, 0.29) is 13.1 Å². The average Bonchev–Trinajstić information content (AvgIpc) is 2.85. The van der Waals surface area contributed by atoms with Crippen molar-refractivity contribution in [3.05, 3.63) is 0 Å². The highest BCUT2D eigenvalue weighted by molar-refractivity contribution is 5.71. The minimum absolute atomic E-state index is 0.0375. The van der Waals surface area contributed by atoms with Gasteiger partial charge in [0.2, 0.25) is 0 Å². The Morgan fingerprint density at radius 2 is 1.55 bits per heavy atom. The quantitative estimate of drug-likeness (QED) is 0.522.